The van der Waals surface area contributed by atoms with Gasteiger partial charge in [-0.05, 0) is 29.9 Å². The number of hydrogen-bond acceptors (Lipinski definition) is 2. The van der Waals surface area contributed by atoms with Crippen LogP contribution in [0.25, 0.3) is 0 Å². The third-order valence-electron chi connectivity index (χ3n) is 3.95. The first-order valence-corrected chi connectivity index (χ1v) is 8.60. The molecular formula is C18H25N2OS+. The van der Waals surface area contributed by atoms with E-state index in [1.54, 1.807) is 18.4 Å². The minimum atomic E-state index is -0.123. The summed E-state index contributed by atoms with van der Waals surface area (Å²) in [6.07, 6.45) is 0. The van der Waals surface area contributed by atoms with Crippen LogP contribution in [-0.2, 0) is 4.79 Å². The van der Waals surface area contributed by atoms with Gasteiger partial charge < -0.3 is 10.6 Å². The van der Waals surface area contributed by atoms with E-state index in [1.165, 1.54) is 16.0 Å². The summed E-state index contributed by atoms with van der Waals surface area (Å²) in [5.41, 5.74) is 2.58. The molecule has 1 heterocycles. The average Bonchev–Trinajstić information content (AvgIpc) is 3.05. The van der Waals surface area contributed by atoms with Crippen LogP contribution in [0.5, 0.6) is 0 Å². The van der Waals surface area contributed by atoms with Gasteiger partial charge in [0.2, 0.25) is 0 Å². The summed E-state index contributed by atoms with van der Waals surface area (Å²) in [5, 5.41) is 6.94. The maximum absolute atomic E-state index is 11.9. The Bertz CT molecular complexity index is 590. The average molecular weight is 317 g/mol. The molecule has 2 aromatic rings. The van der Waals surface area contributed by atoms with E-state index in [0.717, 1.165) is 0 Å². The van der Waals surface area contributed by atoms with Gasteiger partial charge in [0.1, 0.15) is 6.04 Å². The number of likely N-dealkylation sites (N-methyl/N-ethyl adjacent to an activating group) is 1. The number of amides is 1. The number of quaternary nitrogens is 1. The molecule has 3 N–H and O–H groups in total. The standard InChI is InChI=1S/C18H24N2OS/c1-12(2)14-7-9-15(10-8-14)17(16-6-5-11-22-16)20-13(3)18(21)19-4/h5-13,17,20H,1-4H3,(H,19,21)/p+1/t13-,17-/m1/s1. The van der Waals surface area contributed by atoms with Crippen LogP contribution >= 0.6 is 11.3 Å². The SMILES string of the molecule is CNC(=O)[C@@H](C)[NH2+][C@H](c1ccc(C(C)C)cc1)c1cccs1. The van der Waals surface area contributed by atoms with E-state index in [2.05, 4.69) is 66.3 Å². The second-order valence-corrected chi connectivity index (χ2v) is 6.89. The van der Waals surface area contributed by atoms with Crippen molar-refractivity contribution < 1.29 is 10.1 Å². The van der Waals surface area contributed by atoms with Crippen molar-refractivity contribution in [3.63, 3.8) is 0 Å². The van der Waals surface area contributed by atoms with Crippen molar-refractivity contribution >= 4 is 17.2 Å². The maximum atomic E-state index is 11.9. The second kappa shape index (κ2) is 7.56. The predicted octanol–water partition coefficient (Wildman–Crippen LogP) is 2.66. The quantitative estimate of drug-likeness (QED) is 0.845. The summed E-state index contributed by atoms with van der Waals surface area (Å²) in [6, 6.07) is 13.0. The predicted molar refractivity (Wildman–Crippen MR) is 92.1 cm³/mol. The van der Waals surface area contributed by atoms with Crippen molar-refractivity contribution in [2.24, 2.45) is 0 Å². The van der Waals surface area contributed by atoms with Crippen LogP contribution in [0.1, 0.15) is 48.7 Å². The van der Waals surface area contributed by atoms with E-state index in [-0.39, 0.29) is 18.0 Å². The lowest BCUT2D eigenvalue weighted by Crippen LogP contribution is -2.92. The minimum absolute atomic E-state index is 0.0559. The second-order valence-electron chi connectivity index (χ2n) is 5.91. The first kappa shape index (κ1) is 16.7. The molecule has 1 aromatic carbocycles. The number of rotatable bonds is 6. The monoisotopic (exact) mass is 317 g/mol. The molecule has 0 saturated carbocycles. The molecule has 0 unspecified atom stereocenters. The van der Waals surface area contributed by atoms with Crippen molar-refractivity contribution in [2.75, 3.05) is 7.05 Å². The lowest BCUT2D eigenvalue weighted by molar-refractivity contribution is -0.704. The van der Waals surface area contributed by atoms with E-state index in [0.29, 0.717) is 5.92 Å². The van der Waals surface area contributed by atoms with E-state index in [4.69, 9.17) is 0 Å². The van der Waals surface area contributed by atoms with Gasteiger partial charge in [-0.15, -0.1) is 11.3 Å². The Morgan fingerprint density at radius 2 is 1.73 bits per heavy atom. The number of thiophene rings is 1. The molecule has 4 heteroatoms. The molecule has 1 amide bonds. The van der Waals surface area contributed by atoms with Gasteiger partial charge >= 0.3 is 0 Å². The Labute approximate surface area is 136 Å². The molecule has 0 aliphatic rings. The molecule has 0 bridgehead atoms. The molecule has 0 aliphatic heterocycles. The molecule has 118 valence electrons. The van der Waals surface area contributed by atoms with Crippen molar-refractivity contribution in [3.8, 4) is 0 Å². The van der Waals surface area contributed by atoms with E-state index in [9.17, 15) is 4.79 Å². The van der Waals surface area contributed by atoms with Gasteiger partial charge in [0.25, 0.3) is 5.91 Å². The molecule has 22 heavy (non-hydrogen) atoms. The number of carbonyl (C=O) groups is 1. The highest BCUT2D eigenvalue weighted by molar-refractivity contribution is 7.10. The van der Waals surface area contributed by atoms with Crippen molar-refractivity contribution in [1.82, 2.24) is 5.32 Å². The van der Waals surface area contributed by atoms with Crippen LogP contribution in [0.15, 0.2) is 41.8 Å². The number of carbonyl (C=O) groups excluding carboxylic acids is 1. The summed E-state index contributed by atoms with van der Waals surface area (Å²) >= 11 is 1.73. The van der Waals surface area contributed by atoms with E-state index < -0.39 is 0 Å². The zero-order valence-electron chi connectivity index (χ0n) is 13.7. The van der Waals surface area contributed by atoms with Gasteiger partial charge in [-0.1, -0.05) is 44.2 Å². The van der Waals surface area contributed by atoms with Gasteiger partial charge in [0, 0.05) is 12.6 Å². The van der Waals surface area contributed by atoms with Gasteiger partial charge in [0.15, 0.2) is 6.04 Å². The molecule has 1 aromatic heterocycles. The summed E-state index contributed by atoms with van der Waals surface area (Å²) in [4.78, 5) is 13.1. The smallest absolute Gasteiger partial charge is 0.277 e. The van der Waals surface area contributed by atoms with Crippen LogP contribution in [0, 0.1) is 0 Å². The lowest BCUT2D eigenvalue weighted by Gasteiger charge is -2.19. The number of benzene rings is 1. The van der Waals surface area contributed by atoms with Crippen LogP contribution in [-0.4, -0.2) is 19.0 Å². The van der Waals surface area contributed by atoms with Gasteiger partial charge in [-0.25, -0.2) is 0 Å². The minimum Gasteiger partial charge on any atom is -0.354 e. The molecule has 0 aliphatic carbocycles. The van der Waals surface area contributed by atoms with Crippen molar-refractivity contribution in [3.05, 3.63) is 57.8 Å². The fourth-order valence-electron chi connectivity index (χ4n) is 2.53. The molecule has 2 atom stereocenters. The molecular weight excluding hydrogens is 292 g/mol. The third-order valence-corrected chi connectivity index (χ3v) is 4.91. The third kappa shape index (κ3) is 3.96. The van der Waals surface area contributed by atoms with Crippen molar-refractivity contribution in [1.29, 1.82) is 0 Å². The maximum Gasteiger partial charge on any atom is 0.277 e. The van der Waals surface area contributed by atoms with Gasteiger partial charge in [-0.2, -0.15) is 0 Å². The fourth-order valence-corrected chi connectivity index (χ4v) is 3.36. The first-order valence-electron chi connectivity index (χ1n) is 7.72. The van der Waals surface area contributed by atoms with Crippen LogP contribution < -0.4 is 10.6 Å². The normalized spacial score (nSPS) is 13.9. The van der Waals surface area contributed by atoms with Gasteiger partial charge in [0.05, 0.1) is 4.88 Å². The Kier molecular flexibility index (Phi) is 5.75. The topological polar surface area (TPSA) is 45.7 Å². The summed E-state index contributed by atoms with van der Waals surface area (Å²) in [6.45, 7) is 6.35. The zero-order valence-corrected chi connectivity index (χ0v) is 14.5. The first-order chi connectivity index (χ1) is 10.5. The number of hydrogen-bond donors (Lipinski definition) is 2. The fraction of sp³-hybridized carbons (Fsp3) is 0.389. The molecule has 0 fully saturated rings. The molecule has 0 radical (unpaired) electrons. The summed E-state index contributed by atoms with van der Waals surface area (Å²) in [7, 11) is 1.68. The largest absolute Gasteiger partial charge is 0.354 e. The molecule has 0 saturated heterocycles. The molecule has 3 nitrogen and oxygen atoms in total. The van der Waals surface area contributed by atoms with Gasteiger partial charge in [-0.3, -0.25) is 4.79 Å². The van der Waals surface area contributed by atoms with E-state index in [1.807, 2.05) is 6.92 Å². The van der Waals surface area contributed by atoms with Crippen LogP contribution in [0.2, 0.25) is 0 Å². The van der Waals surface area contributed by atoms with Crippen molar-refractivity contribution in [2.45, 2.75) is 38.8 Å². The molecule has 2 rings (SSSR count). The highest BCUT2D eigenvalue weighted by Crippen LogP contribution is 2.24. The lowest BCUT2D eigenvalue weighted by atomic mass is 9.98. The highest BCUT2D eigenvalue weighted by Gasteiger charge is 2.24. The Hall–Kier alpha value is -1.65. The number of nitrogens with one attached hydrogen (secondary N) is 1. The highest BCUT2D eigenvalue weighted by atomic mass is 32.1. The molecule has 0 spiro atoms. The van der Waals surface area contributed by atoms with Crippen LogP contribution in [0.4, 0.5) is 0 Å². The Balaban J connectivity index is 2.26. The zero-order chi connectivity index (χ0) is 16.1. The van der Waals surface area contributed by atoms with Crippen LogP contribution in [0.3, 0.4) is 0 Å². The summed E-state index contributed by atoms with van der Waals surface area (Å²) in [5.74, 6) is 0.586. The Morgan fingerprint density at radius 1 is 1.09 bits per heavy atom. The van der Waals surface area contributed by atoms with E-state index >= 15 is 0 Å². The number of nitrogens with two attached hydrogens (primary N) is 1. The summed E-state index contributed by atoms with van der Waals surface area (Å²) < 4.78 is 0. The Morgan fingerprint density at radius 3 is 2.23 bits per heavy atom.